The first-order valence-corrected chi connectivity index (χ1v) is 8.47. The first kappa shape index (κ1) is 17.8. The largest absolute Gasteiger partial charge is 0.349 e. The monoisotopic (exact) mass is 351 g/mol. The Bertz CT molecular complexity index is 889. The van der Waals surface area contributed by atoms with Gasteiger partial charge in [0.15, 0.2) is 5.82 Å². The Morgan fingerprint density at radius 1 is 1.00 bits per heavy atom. The molecule has 3 aromatic rings. The highest BCUT2D eigenvalue weighted by atomic mass is 19.1. The molecule has 26 heavy (non-hydrogen) atoms. The Hall–Kier alpha value is -3.02. The maximum Gasteiger partial charge on any atom is 0.244 e. The van der Waals surface area contributed by atoms with Gasteiger partial charge in [-0.15, -0.1) is 5.10 Å². The SMILES string of the molecule is CC(C)(C)c1ccccc1Nc1cnnc(NCc2ccccc2F)n1. The molecule has 0 fully saturated rings. The number of nitrogens with one attached hydrogen (secondary N) is 2. The quantitative estimate of drug-likeness (QED) is 0.700. The van der Waals surface area contributed by atoms with Gasteiger partial charge in [0.1, 0.15) is 5.82 Å². The van der Waals surface area contributed by atoms with Gasteiger partial charge in [-0.3, -0.25) is 0 Å². The summed E-state index contributed by atoms with van der Waals surface area (Å²) in [7, 11) is 0. The van der Waals surface area contributed by atoms with E-state index < -0.39 is 0 Å². The average Bonchev–Trinajstić information content (AvgIpc) is 2.61. The first-order valence-electron chi connectivity index (χ1n) is 8.47. The van der Waals surface area contributed by atoms with Crippen molar-refractivity contribution in [3.8, 4) is 0 Å². The molecule has 0 aliphatic heterocycles. The van der Waals surface area contributed by atoms with E-state index in [4.69, 9.17) is 0 Å². The van der Waals surface area contributed by atoms with Gasteiger partial charge >= 0.3 is 0 Å². The predicted molar refractivity (Wildman–Crippen MR) is 102 cm³/mol. The summed E-state index contributed by atoms with van der Waals surface area (Å²) >= 11 is 0. The highest BCUT2D eigenvalue weighted by Gasteiger charge is 2.17. The van der Waals surface area contributed by atoms with Gasteiger partial charge in [-0.2, -0.15) is 10.1 Å². The zero-order valence-corrected chi connectivity index (χ0v) is 15.1. The minimum absolute atomic E-state index is 0.00400. The molecule has 5 nitrogen and oxygen atoms in total. The van der Waals surface area contributed by atoms with Crippen LogP contribution in [0.1, 0.15) is 31.9 Å². The van der Waals surface area contributed by atoms with E-state index in [1.165, 1.54) is 11.6 Å². The summed E-state index contributed by atoms with van der Waals surface area (Å²) in [6, 6.07) is 14.7. The molecule has 0 spiro atoms. The molecule has 0 radical (unpaired) electrons. The van der Waals surface area contributed by atoms with Crippen LogP contribution in [0.4, 0.5) is 21.8 Å². The minimum Gasteiger partial charge on any atom is -0.349 e. The van der Waals surface area contributed by atoms with E-state index >= 15 is 0 Å². The van der Waals surface area contributed by atoms with Crippen molar-refractivity contribution in [2.24, 2.45) is 0 Å². The molecule has 0 bridgehead atoms. The number of hydrogen-bond donors (Lipinski definition) is 2. The minimum atomic E-state index is -0.263. The van der Waals surface area contributed by atoms with E-state index in [-0.39, 0.29) is 17.8 Å². The number of benzene rings is 2. The predicted octanol–water partition coefficient (Wildman–Crippen LogP) is 4.66. The second-order valence-electron chi connectivity index (χ2n) is 7.03. The molecule has 1 heterocycles. The second-order valence-corrected chi connectivity index (χ2v) is 7.03. The molecular weight excluding hydrogens is 329 g/mol. The van der Waals surface area contributed by atoms with Crippen LogP contribution in [0.5, 0.6) is 0 Å². The third-order valence-electron chi connectivity index (χ3n) is 3.95. The van der Waals surface area contributed by atoms with Crippen LogP contribution >= 0.6 is 0 Å². The number of aromatic nitrogens is 3. The third kappa shape index (κ3) is 4.33. The van der Waals surface area contributed by atoms with Crippen molar-refractivity contribution in [1.29, 1.82) is 0 Å². The maximum atomic E-state index is 13.7. The van der Waals surface area contributed by atoms with Crippen molar-refractivity contribution >= 4 is 17.5 Å². The molecule has 0 saturated heterocycles. The van der Waals surface area contributed by atoms with Gasteiger partial charge in [0.05, 0.1) is 6.20 Å². The standard InChI is InChI=1S/C20H22FN5/c1-20(2,3)15-9-5-7-11-17(15)24-18-13-23-26-19(25-18)22-12-14-8-4-6-10-16(14)21/h4-11,13H,12H2,1-3H3,(H2,22,24,25,26). The lowest BCUT2D eigenvalue weighted by Crippen LogP contribution is -2.14. The number of rotatable bonds is 5. The van der Waals surface area contributed by atoms with Gasteiger partial charge in [0, 0.05) is 17.8 Å². The zero-order valence-electron chi connectivity index (χ0n) is 15.1. The number of nitrogens with zero attached hydrogens (tertiary/aromatic N) is 3. The Kier molecular flexibility index (Phi) is 5.11. The molecule has 0 aliphatic rings. The fraction of sp³-hybridized carbons (Fsp3) is 0.250. The Morgan fingerprint density at radius 2 is 1.73 bits per heavy atom. The number of anilines is 3. The van der Waals surface area contributed by atoms with Crippen LogP contribution in [0, 0.1) is 5.82 Å². The molecular formula is C20H22FN5. The van der Waals surface area contributed by atoms with Crippen LogP contribution in [0.25, 0.3) is 0 Å². The molecule has 1 aromatic heterocycles. The third-order valence-corrected chi connectivity index (χ3v) is 3.95. The van der Waals surface area contributed by atoms with E-state index in [0.29, 0.717) is 17.3 Å². The van der Waals surface area contributed by atoms with Crippen molar-refractivity contribution in [3.05, 3.63) is 71.7 Å². The van der Waals surface area contributed by atoms with Crippen LogP contribution in [0.2, 0.25) is 0 Å². The summed E-state index contributed by atoms with van der Waals surface area (Å²) in [5.74, 6) is 0.653. The number of halogens is 1. The maximum absolute atomic E-state index is 13.7. The number of para-hydroxylation sites is 1. The van der Waals surface area contributed by atoms with Crippen molar-refractivity contribution in [2.75, 3.05) is 10.6 Å². The van der Waals surface area contributed by atoms with E-state index in [0.717, 1.165) is 5.69 Å². The van der Waals surface area contributed by atoms with Crippen molar-refractivity contribution in [3.63, 3.8) is 0 Å². The lowest BCUT2D eigenvalue weighted by molar-refractivity contribution is 0.592. The summed E-state index contributed by atoms with van der Waals surface area (Å²) in [5, 5.41) is 14.2. The molecule has 2 N–H and O–H groups in total. The summed E-state index contributed by atoms with van der Waals surface area (Å²) < 4.78 is 13.7. The lowest BCUT2D eigenvalue weighted by Gasteiger charge is -2.23. The molecule has 2 aromatic carbocycles. The molecule has 0 atom stereocenters. The van der Waals surface area contributed by atoms with E-state index in [1.54, 1.807) is 24.4 Å². The molecule has 134 valence electrons. The van der Waals surface area contributed by atoms with Crippen LogP contribution < -0.4 is 10.6 Å². The summed E-state index contributed by atoms with van der Waals surface area (Å²) in [6.07, 6.45) is 1.56. The van der Waals surface area contributed by atoms with Gasteiger partial charge in [0.25, 0.3) is 0 Å². The normalized spacial score (nSPS) is 11.2. The van der Waals surface area contributed by atoms with Crippen LogP contribution in [-0.2, 0) is 12.0 Å². The molecule has 6 heteroatoms. The molecule has 0 aliphatic carbocycles. The van der Waals surface area contributed by atoms with E-state index in [1.807, 2.05) is 18.2 Å². The van der Waals surface area contributed by atoms with Crippen LogP contribution in [0.3, 0.4) is 0 Å². The zero-order chi connectivity index (χ0) is 18.6. The van der Waals surface area contributed by atoms with Crippen molar-refractivity contribution < 1.29 is 4.39 Å². The second kappa shape index (κ2) is 7.47. The smallest absolute Gasteiger partial charge is 0.244 e. The van der Waals surface area contributed by atoms with Gasteiger partial charge in [-0.25, -0.2) is 4.39 Å². The molecule has 0 saturated carbocycles. The Balaban J connectivity index is 1.75. The molecule has 0 unspecified atom stereocenters. The fourth-order valence-corrected chi connectivity index (χ4v) is 2.64. The van der Waals surface area contributed by atoms with Gasteiger partial charge in [-0.1, -0.05) is 57.2 Å². The van der Waals surface area contributed by atoms with Crippen LogP contribution in [0.15, 0.2) is 54.7 Å². The highest BCUT2D eigenvalue weighted by Crippen LogP contribution is 2.30. The number of hydrogen-bond acceptors (Lipinski definition) is 5. The average molecular weight is 351 g/mol. The molecule has 0 amide bonds. The summed E-state index contributed by atoms with van der Waals surface area (Å²) in [6.45, 7) is 6.77. The van der Waals surface area contributed by atoms with E-state index in [2.05, 4.69) is 52.7 Å². The van der Waals surface area contributed by atoms with Gasteiger partial charge in [0.2, 0.25) is 5.95 Å². The first-order chi connectivity index (χ1) is 12.4. The van der Waals surface area contributed by atoms with Crippen molar-refractivity contribution in [2.45, 2.75) is 32.7 Å². The highest BCUT2D eigenvalue weighted by molar-refractivity contribution is 5.62. The Morgan fingerprint density at radius 3 is 2.50 bits per heavy atom. The van der Waals surface area contributed by atoms with Crippen LogP contribution in [-0.4, -0.2) is 15.2 Å². The topological polar surface area (TPSA) is 62.7 Å². The van der Waals surface area contributed by atoms with E-state index in [9.17, 15) is 4.39 Å². The molecule has 3 rings (SSSR count). The fourth-order valence-electron chi connectivity index (χ4n) is 2.64. The van der Waals surface area contributed by atoms with Gasteiger partial charge in [-0.05, 0) is 23.1 Å². The van der Waals surface area contributed by atoms with Crippen molar-refractivity contribution in [1.82, 2.24) is 15.2 Å². The van der Waals surface area contributed by atoms with Gasteiger partial charge < -0.3 is 10.6 Å². The summed E-state index contributed by atoms with van der Waals surface area (Å²) in [5.41, 5.74) is 2.70. The summed E-state index contributed by atoms with van der Waals surface area (Å²) in [4.78, 5) is 4.42. The lowest BCUT2D eigenvalue weighted by atomic mass is 9.86. The Labute approximate surface area is 152 Å².